The Morgan fingerprint density at radius 1 is 0.984 bits per heavy atom. The van der Waals surface area contributed by atoms with Gasteiger partial charge in [0.05, 0.1) is 34.0 Å². The van der Waals surface area contributed by atoms with Crippen molar-refractivity contribution in [3.05, 3.63) is 97.5 Å². The first-order valence-corrected chi connectivity index (χ1v) is 21.5. The number of carboxylic acids is 1. The molecule has 0 unspecified atom stereocenters. The van der Waals surface area contributed by atoms with Crippen LogP contribution in [0.1, 0.15) is 102 Å². The number of anilines is 1. The van der Waals surface area contributed by atoms with E-state index in [1.807, 2.05) is 88.8 Å². The number of carbonyl (C=O) groups is 3. The van der Waals surface area contributed by atoms with Crippen LogP contribution in [0, 0.1) is 27.7 Å². The predicted octanol–water partition coefficient (Wildman–Crippen LogP) is 10.6. The summed E-state index contributed by atoms with van der Waals surface area (Å²) in [4.78, 5) is 42.9. The van der Waals surface area contributed by atoms with Crippen LogP contribution in [-0.4, -0.2) is 67.3 Å². The number of amides is 2. The summed E-state index contributed by atoms with van der Waals surface area (Å²) in [5.74, 6) is -0.563. The summed E-state index contributed by atoms with van der Waals surface area (Å²) in [6, 6.07) is 13.2. The van der Waals surface area contributed by atoms with Gasteiger partial charge in [-0.05, 0) is 121 Å². The standard InChI is InChI=1S/C47H54Cl2N6O6/c1-11-31-32-14-12-16-36(40(32)53(43(31)45(57)58)20-19-50-46(59)61-47(7,8)9)54-24-27(4)55-41-34(17-18-35(48)38(41)37-28(5)51-52(10)29(37)6)33(42(55)44(54)56)15-13-21-60-30-22-25(2)39(49)26(3)23-30/h12,14,16-18,22-23,27H,11,13,15,19-21,24H2,1-10H3,(H,50,59)(H,57,58)/t27-/m1/s1. The Balaban J connectivity index is 1.37. The lowest BCUT2D eigenvalue weighted by Crippen LogP contribution is -2.43. The highest BCUT2D eigenvalue weighted by Gasteiger charge is 2.38. The fraction of sp³-hybridized carbons (Fsp3) is 0.404. The van der Waals surface area contributed by atoms with Crippen molar-refractivity contribution in [2.75, 3.05) is 24.6 Å². The molecule has 322 valence electrons. The van der Waals surface area contributed by atoms with Gasteiger partial charge in [0.1, 0.15) is 22.7 Å². The third-order valence-corrected chi connectivity index (χ3v) is 12.5. The summed E-state index contributed by atoms with van der Waals surface area (Å²) in [5, 5.41) is 21.1. The molecule has 12 nitrogen and oxygen atoms in total. The van der Waals surface area contributed by atoms with Gasteiger partial charge in [-0.2, -0.15) is 5.10 Å². The number of hydrogen-bond acceptors (Lipinski definition) is 6. The van der Waals surface area contributed by atoms with E-state index in [2.05, 4.69) is 16.8 Å². The molecule has 3 aromatic heterocycles. The maximum Gasteiger partial charge on any atom is 0.407 e. The Morgan fingerprint density at radius 2 is 1.67 bits per heavy atom. The molecule has 6 aromatic rings. The number of halogens is 2. The van der Waals surface area contributed by atoms with E-state index in [0.29, 0.717) is 59.9 Å². The number of hydrogen-bond donors (Lipinski definition) is 2. The smallest absolute Gasteiger partial charge is 0.407 e. The lowest BCUT2D eigenvalue weighted by molar-refractivity contribution is 0.0526. The van der Waals surface area contributed by atoms with Crippen LogP contribution in [0.2, 0.25) is 10.0 Å². The van der Waals surface area contributed by atoms with Gasteiger partial charge < -0.3 is 33.9 Å². The van der Waals surface area contributed by atoms with Gasteiger partial charge in [0.25, 0.3) is 5.91 Å². The number of carbonyl (C=O) groups excluding carboxylic acids is 2. The molecule has 4 heterocycles. The Morgan fingerprint density at radius 3 is 2.30 bits per heavy atom. The molecule has 2 N–H and O–H groups in total. The number of para-hydroxylation sites is 1. The number of nitrogens with zero attached hydrogens (tertiary/aromatic N) is 5. The number of alkyl carbamates (subject to hydrolysis) is 1. The van der Waals surface area contributed by atoms with Crippen LogP contribution in [0.15, 0.2) is 42.5 Å². The second-order valence-electron chi connectivity index (χ2n) is 17.0. The fourth-order valence-electron chi connectivity index (χ4n) is 9.03. The molecule has 0 aliphatic carbocycles. The number of aromatic nitrogens is 4. The Hall–Kier alpha value is -5.46. The molecular weight excluding hydrogens is 815 g/mol. The number of ether oxygens (including phenoxy) is 2. The molecule has 1 atom stereocenters. The zero-order valence-electron chi connectivity index (χ0n) is 36.5. The van der Waals surface area contributed by atoms with E-state index < -0.39 is 17.7 Å². The van der Waals surface area contributed by atoms with Crippen molar-refractivity contribution in [3.63, 3.8) is 0 Å². The summed E-state index contributed by atoms with van der Waals surface area (Å²) >= 11 is 13.6. The summed E-state index contributed by atoms with van der Waals surface area (Å²) in [5.41, 5.74) is 9.01. The van der Waals surface area contributed by atoms with Gasteiger partial charge in [-0.25, -0.2) is 9.59 Å². The van der Waals surface area contributed by atoms with Gasteiger partial charge in [0.15, 0.2) is 0 Å². The van der Waals surface area contributed by atoms with Crippen LogP contribution in [0.4, 0.5) is 10.5 Å². The zero-order valence-corrected chi connectivity index (χ0v) is 38.1. The topological polar surface area (TPSA) is 133 Å². The Kier molecular flexibility index (Phi) is 12.0. The molecule has 0 saturated heterocycles. The minimum atomic E-state index is -1.09. The van der Waals surface area contributed by atoms with Crippen molar-refractivity contribution < 1.29 is 29.0 Å². The Labute approximate surface area is 366 Å². The van der Waals surface area contributed by atoms with Crippen LogP contribution < -0.4 is 15.0 Å². The summed E-state index contributed by atoms with van der Waals surface area (Å²) < 4.78 is 17.4. The fourth-order valence-corrected chi connectivity index (χ4v) is 9.38. The highest BCUT2D eigenvalue weighted by Crippen LogP contribution is 2.46. The number of nitrogens with one attached hydrogen (secondary N) is 1. The third-order valence-electron chi connectivity index (χ3n) is 11.6. The van der Waals surface area contributed by atoms with Gasteiger partial charge in [-0.15, -0.1) is 0 Å². The molecular formula is C47H54Cl2N6O6. The number of aromatic carboxylic acids is 1. The first-order valence-electron chi connectivity index (χ1n) is 20.8. The van der Waals surface area contributed by atoms with Crippen LogP contribution in [0.5, 0.6) is 5.75 Å². The van der Waals surface area contributed by atoms with E-state index >= 15 is 4.79 Å². The summed E-state index contributed by atoms with van der Waals surface area (Å²) in [6.07, 6.45) is 0.993. The average Bonchev–Trinajstić information content (AvgIpc) is 3.79. The molecule has 7 rings (SSSR count). The summed E-state index contributed by atoms with van der Waals surface area (Å²) in [6.45, 7) is 18.2. The summed E-state index contributed by atoms with van der Waals surface area (Å²) in [7, 11) is 1.91. The van der Waals surface area contributed by atoms with Gasteiger partial charge >= 0.3 is 12.1 Å². The van der Waals surface area contributed by atoms with E-state index in [4.69, 9.17) is 37.8 Å². The molecule has 0 bridgehead atoms. The number of fused-ring (bicyclic) bond motifs is 4. The maximum absolute atomic E-state index is 15.5. The molecule has 3 aromatic carbocycles. The normalized spacial score (nSPS) is 14.3. The average molecular weight is 870 g/mol. The van der Waals surface area contributed by atoms with Gasteiger partial charge in [0.2, 0.25) is 0 Å². The van der Waals surface area contributed by atoms with Crippen molar-refractivity contribution in [2.24, 2.45) is 7.05 Å². The highest BCUT2D eigenvalue weighted by molar-refractivity contribution is 6.35. The molecule has 1 aliphatic heterocycles. The SMILES string of the molecule is CCc1c(C(=O)O)n(CCNC(=O)OC(C)(C)C)c2c(N3C[C@@H](C)n4c(c(CCCOc5cc(C)c(Cl)c(C)c5)c5ccc(Cl)c(-c6c(C)nn(C)c6C)c54)C3=O)cccc12. The molecule has 0 radical (unpaired) electrons. The lowest BCUT2D eigenvalue weighted by atomic mass is 9.98. The van der Waals surface area contributed by atoms with E-state index in [9.17, 15) is 14.7 Å². The first kappa shape index (κ1) is 43.6. The van der Waals surface area contributed by atoms with E-state index in [1.54, 1.807) is 30.2 Å². The maximum atomic E-state index is 15.5. The van der Waals surface area contributed by atoms with Crippen molar-refractivity contribution in [1.29, 1.82) is 0 Å². The van der Waals surface area contributed by atoms with Crippen LogP contribution in [0.25, 0.3) is 32.9 Å². The second-order valence-corrected chi connectivity index (χ2v) is 17.8. The quantitative estimate of drug-likeness (QED) is 0.117. The third kappa shape index (κ3) is 7.96. The predicted molar refractivity (Wildman–Crippen MR) is 242 cm³/mol. The second kappa shape index (κ2) is 16.8. The zero-order chi connectivity index (χ0) is 44.2. The van der Waals surface area contributed by atoms with Crippen molar-refractivity contribution in [3.8, 4) is 16.9 Å². The molecule has 0 fully saturated rings. The van der Waals surface area contributed by atoms with Gasteiger partial charge in [-0.3, -0.25) is 9.48 Å². The van der Waals surface area contributed by atoms with Crippen LogP contribution in [-0.2, 0) is 31.2 Å². The largest absolute Gasteiger partial charge is 0.494 e. The van der Waals surface area contributed by atoms with Crippen LogP contribution in [0.3, 0.4) is 0 Å². The number of benzene rings is 3. The molecule has 1 aliphatic rings. The number of rotatable bonds is 12. The van der Waals surface area contributed by atoms with E-state index in [-0.39, 0.29) is 30.7 Å². The monoisotopic (exact) mass is 868 g/mol. The van der Waals surface area contributed by atoms with Crippen LogP contribution >= 0.6 is 23.2 Å². The van der Waals surface area contributed by atoms with Crippen molar-refractivity contribution in [2.45, 2.75) is 99.8 Å². The molecule has 61 heavy (non-hydrogen) atoms. The van der Waals surface area contributed by atoms with E-state index in [1.165, 1.54) is 0 Å². The molecule has 2 amide bonds. The number of aryl methyl sites for hydroxylation is 6. The van der Waals surface area contributed by atoms with Crippen molar-refractivity contribution in [1.82, 2.24) is 24.2 Å². The van der Waals surface area contributed by atoms with Crippen molar-refractivity contribution >= 4 is 68.7 Å². The molecule has 14 heteroatoms. The molecule has 0 spiro atoms. The Bertz CT molecular complexity index is 2710. The minimum Gasteiger partial charge on any atom is -0.494 e. The van der Waals surface area contributed by atoms with Gasteiger partial charge in [0, 0.05) is 65.3 Å². The number of carboxylic acid groups (broad SMARTS) is 1. The van der Waals surface area contributed by atoms with E-state index in [0.717, 1.165) is 66.3 Å². The first-order chi connectivity index (χ1) is 28.8. The lowest BCUT2D eigenvalue weighted by Gasteiger charge is -2.35. The minimum absolute atomic E-state index is 0.104. The molecule has 0 saturated carbocycles. The highest BCUT2D eigenvalue weighted by atomic mass is 35.5. The van der Waals surface area contributed by atoms with Gasteiger partial charge in [-0.1, -0.05) is 48.3 Å².